The van der Waals surface area contributed by atoms with Crippen molar-refractivity contribution in [2.24, 2.45) is 0 Å². The van der Waals surface area contributed by atoms with E-state index >= 15 is 0 Å². The van der Waals surface area contributed by atoms with Crippen molar-refractivity contribution in [1.29, 1.82) is 0 Å². The first-order chi connectivity index (χ1) is 8.63. The minimum atomic E-state index is -1.08. The monoisotopic (exact) mass is 309 g/mol. The lowest BCUT2D eigenvalue weighted by molar-refractivity contribution is 0.0661. The second-order valence-electron chi connectivity index (χ2n) is 3.83. The quantitative estimate of drug-likeness (QED) is 0.934. The van der Waals surface area contributed by atoms with Crippen LogP contribution in [0.5, 0.6) is 0 Å². The van der Waals surface area contributed by atoms with Crippen LogP contribution in [0.3, 0.4) is 0 Å². The lowest BCUT2D eigenvalue weighted by atomic mass is 10.2. The molecule has 1 aromatic carbocycles. The van der Waals surface area contributed by atoms with Gasteiger partial charge in [-0.2, -0.15) is 0 Å². The van der Waals surface area contributed by atoms with E-state index in [1.54, 1.807) is 0 Å². The summed E-state index contributed by atoms with van der Waals surface area (Å²) in [5.41, 5.74) is 1.25. The molecule has 0 aliphatic carbocycles. The van der Waals surface area contributed by atoms with Crippen LogP contribution in [0.25, 0.3) is 11.5 Å². The summed E-state index contributed by atoms with van der Waals surface area (Å²) in [6.07, 6.45) is 1.41. The van der Waals surface area contributed by atoms with Gasteiger partial charge in [0, 0.05) is 4.47 Å². The van der Waals surface area contributed by atoms with Crippen molar-refractivity contribution in [2.75, 3.05) is 0 Å². The van der Waals surface area contributed by atoms with Crippen molar-refractivity contribution in [2.45, 2.75) is 19.8 Å². The van der Waals surface area contributed by atoms with Crippen molar-refractivity contribution >= 4 is 21.9 Å². The summed E-state index contributed by atoms with van der Waals surface area (Å²) in [4.78, 5) is 15.4. The SMILES string of the molecule is CCCc1nc(-c2ccccc2Br)oc1C(=O)O. The fourth-order valence-electron chi connectivity index (χ4n) is 1.67. The Hall–Kier alpha value is -1.62. The van der Waals surface area contributed by atoms with Crippen LogP contribution in [0, 0.1) is 0 Å². The zero-order valence-electron chi connectivity index (χ0n) is 9.81. The number of aromatic carboxylic acids is 1. The molecular weight excluding hydrogens is 298 g/mol. The largest absolute Gasteiger partial charge is 0.475 e. The average Bonchev–Trinajstić information content (AvgIpc) is 2.74. The van der Waals surface area contributed by atoms with Gasteiger partial charge in [-0.1, -0.05) is 25.5 Å². The third kappa shape index (κ3) is 2.46. The molecule has 1 aromatic heterocycles. The van der Waals surface area contributed by atoms with E-state index in [1.807, 2.05) is 31.2 Å². The van der Waals surface area contributed by atoms with Crippen molar-refractivity contribution in [1.82, 2.24) is 4.98 Å². The molecule has 0 bridgehead atoms. The van der Waals surface area contributed by atoms with Crippen LogP contribution in [0.4, 0.5) is 0 Å². The molecule has 0 saturated heterocycles. The van der Waals surface area contributed by atoms with Crippen LogP contribution in [0.1, 0.15) is 29.6 Å². The molecule has 0 amide bonds. The molecular formula is C13H12BrNO3. The van der Waals surface area contributed by atoms with Crippen LogP contribution in [0.2, 0.25) is 0 Å². The van der Waals surface area contributed by atoms with Gasteiger partial charge in [-0.15, -0.1) is 0 Å². The molecule has 0 fully saturated rings. The summed E-state index contributed by atoms with van der Waals surface area (Å²) in [7, 11) is 0. The number of halogens is 1. The van der Waals surface area contributed by atoms with Crippen molar-refractivity contribution < 1.29 is 14.3 Å². The molecule has 0 atom stereocenters. The number of carboxylic acids is 1. The number of nitrogens with zero attached hydrogens (tertiary/aromatic N) is 1. The van der Waals surface area contributed by atoms with Gasteiger partial charge < -0.3 is 9.52 Å². The van der Waals surface area contributed by atoms with Crippen LogP contribution < -0.4 is 0 Å². The molecule has 18 heavy (non-hydrogen) atoms. The summed E-state index contributed by atoms with van der Waals surface area (Å²) in [5, 5.41) is 9.08. The molecule has 0 saturated carbocycles. The number of benzene rings is 1. The van der Waals surface area contributed by atoms with Crippen molar-refractivity contribution in [3.05, 3.63) is 40.2 Å². The summed E-state index contributed by atoms with van der Waals surface area (Å²) in [6.45, 7) is 1.97. The van der Waals surface area contributed by atoms with Gasteiger partial charge >= 0.3 is 5.97 Å². The lowest BCUT2D eigenvalue weighted by Crippen LogP contribution is -1.99. The molecule has 1 heterocycles. The molecule has 2 rings (SSSR count). The Morgan fingerprint density at radius 2 is 2.17 bits per heavy atom. The van der Waals surface area contributed by atoms with Crippen molar-refractivity contribution in [3.63, 3.8) is 0 Å². The Balaban J connectivity index is 2.50. The number of oxazole rings is 1. The van der Waals surface area contributed by atoms with Gasteiger partial charge in [0.25, 0.3) is 0 Å². The first-order valence-corrected chi connectivity index (χ1v) is 6.40. The van der Waals surface area contributed by atoms with Gasteiger partial charge in [-0.3, -0.25) is 0 Å². The molecule has 0 aliphatic rings. The Bertz CT molecular complexity index is 577. The van der Waals surface area contributed by atoms with E-state index in [0.717, 1.165) is 16.5 Å². The van der Waals surface area contributed by atoms with Crippen LogP contribution in [-0.4, -0.2) is 16.1 Å². The first-order valence-electron chi connectivity index (χ1n) is 5.61. The Morgan fingerprint density at radius 1 is 1.44 bits per heavy atom. The molecule has 2 aromatic rings. The highest BCUT2D eigenvalue weighted by atomic mass is 79.9. The Morgan fingerprint density at radius 3 is 2.78 bits per heavy atom. The minimum absolute atomic E-state index is 0.0670. The normalized spacial score (nSPS) is 10.6. The number of hydrogen-bond acceptors (Lipinski definition) is 3. The number of rotatable bonds is 4. The number of carbonyl (C=O) groups is 1. The minimum Gasteiger partial charge on any atom is -0.475 e. The highest BCUT2D eigenvalue weighted by Crippen LogP contribution is 2.29. The van der Waals surface area contributed by atoms with Crippen LogP contribution >= 0.6 is 15.9 Å². The topological polar surface area (TPSA) is 63.3 Å². The van der Waals surface area contributed by atoms with Crippen LogP contribution in [-0.2, 0) is 6.42 Å². The molecule has 5 heteroatoms. The van der Waals surface area contributed by atoms with Crippen molar-refractivity contribution in [3.8, 4) is 11.5 Å². The number of hydrogen-bond donors (Lipinski definition) is 1. The predicted molar refractivity (Wildman–Crippen MR) is 70.6 cm³/mol. The van der Waals surface area contributed by atoms with Gasteiger partial charge in [0.1, 0.15) is 0 Å². The zero-order valence-corrected chi connectivity index (χ0v) is 11.4. The maximum Gasteiger partial charge on any atom is 0.373 e. The molecule has 0 unspecified atom stereocenters. The van der Waals surface area contributed by atoms with Gasteiger partial charge in [0.15, 0.2) is 0 Å². The maximum absolute atomic E-state index is 11.1. The lowest BCUT2D eigenvalue weighted by Gasteiger charge is -1.97. The Labute approximate surface area is 113 Å². The number of carboxylic acid groups (broad SMARTS) is 1. The zero-order chi connectivity index (χ0) is 13.1. The third-order valence-corrected chi connectivity index (χ3v) is 3.17. The summed E-state index contributed by atoms with van der Waals surface area (Å²) in [6, 6.07) is 7.42. The summed E-state index contributed by atoms with van der Waals surface area (Å²) >= 11 is 3.40. The standard InChI is InChI=1S/C13H12BrNO3/c1-2-5-10-11(13(16)17)18-12(15-10)8-6-3-4-7-9(8)14/h3-4,6-7H,2,5H2,1H3,(H,16,17). The predicted octanol–water partition coefficient (Wildman–Crippen LogP) is 3.75. The van der Waals surface area contributed by atoms with E-state index in [9.17, 15) is 4.79 Å². The smallest absolute Gasteiger partial charge is 0.373 e. The molecule has 94 valence electrons. The fraction of sp³-hybridized carbons (Fsp3) is 0.231. The van der Waals surface area contributed by atoms with E-state index in [2.05, 4.69) is 20.9 Å². The maximum atomic E-state index is 11.1. The van der Waals surface area contributed by atoms with Gasteiger partial charge in [0.2, 0.25) is 11.7 Å². The summed E-state index contributed by atoms with van der Waals surface area (Å²) < 4.78 is 6.18. The van der Waals surface area contributed by atoms with Crippen LogP contribution in [0.15, 0.2) is 33.2 Å². The second kappa shape index (κ2) is 5.35. The van der Waals surface area contributed by atoms with E-state index in [4.69, 9.17) is 9.52 Å². The number of aromatic nitrogens is 1. The first kappa shape index (κ1) is 12.8. The summed E-state index contributed by atoms with van der Waals surface area (Å²) in [5.74, 6) is -0.810. The fourth-order valence-corrected chi connectivity index (χ4v) is 2.13. The van der Waals surface area contributed by atoms with E-state index in [1.165, 1.54) is 0 Å². The van der Waals surface area contributed by atoms with E-state index < -0.39 is 5.97 Å². The molecule has 0 spiro atoms. The van der Waals surface area contributed by atoms with Gasteiger partial charge in [-0.25, -0.2) is 9.78 Å². The van der Waals surface area contributed by atoms with Gasteiger partial charge in [-0.05, 0) is 34.5 Å². The average molecular weight is 310 g/mol. The highest BCUT2D eigenvalue weighted by molar-refractivity contribution is 9.10. The third-order valence-electron chi connectivity index (χ3n) is 2.48. The van der Waals surface area contributed by atoms with E-state index in [-0.39, 0.29) is 5.76 Å². The molecule has 1 N–H and O–H groups in total. The van der Waals surface area contributed by atoms with E-state index in [0.29, 0.717) is 18.0 Å². The molecule has 0 radical (unpaired) electrons. The highest BCUT2D eigenvalue weighted by Gasteiger charge is 2.20. The second-order valence-corrected chi connectivity index (χ2v) is 4.68. The number of aryl methyl sites for hydroxylation is 1. The molecule has 0 aliphatic heterocycles. The Kier molecular flexibility index (Phi) is 3.81. The molecule has 4 nitrogen and oxygen atoms in total. The van der Waals surface area contributed by atoms with Gasteiger partial charge in [0.05, 0.1) is 11.3 Å².